The molecule has 0 bridgehead atoms. The van der Waals surface area contributed by atoms with Crippen LogP contribution >= 0.6 is 11.3 Å². The second-order valence-electron chi connectivity index (χ2n) is 11.7. The highest BCUT2D eigenvalue weighted by atomic mass is 32.1. The van der Waals surface area contributed by atoms with Crippen molar-refractivity contribution in [3.8, 4) is 10.9 Å². The number of piperidine rings is 1. The lowest BCUT2D eigenvalue weighted by molar-refractivity contribution is -0.136. The third-order valence-electron chi connectivity index (χ3n) is 7.55. The summed E-state index contributed by atoms with van der Waals surface area (Å²) in [6.45, 7) is 7.70. The van der Waals surface area contributed by atoms with Crippen molar-refractivity contribution < 1.29 is 19.1 Å². The number of hydrogen-bond acceptors (Lipinski definition) is 7. The molecule has 1 saturated heterocycles. The fourth-order valence-corrected chi connectivity index (χ4v) is 6.23. The first kappa shape index (κ1) is 25.1. The summed E-state index contributed by atoms with van der Waals surface area (Å²) in [6, 6.07) is 16.2. The van der Waals surface area contributed by atoms with Crippen molar-refractivity contribution in [3.05, 3.63) is 54.1 Å². The lowest BCUT2D eigenvalue weighted by Crippen LogP contribution is -2.55. The van der Waals surface area contributed by atoms with Gasteiger partial charge in [-0.15, -0.1) is 0 Å². The van der Waals surface area contributed by atoms with E-state index >= 15 is 0 Å². The van der Waals surface area contributed by atoms with Gasteiger partial charge < -0.3 is 25.0 Å². The van der Waals surface area contributed by atoms with Gasteiger partial charge in [0.1, 0.15) is 16.9 Å². The maximum absolute atomic E-state index is 13.5. The van der Waals surface area contributed by atoms with Crippen molar-refractivity contribution >= 4 is 33.6 Å². The van der Waals surface area contributed by atoms with Crippen LogP contribution in [-0.4, -0.2) is 52.2 Å². The average Bonchev–Trinajstić information content (AvgIpc) is 3.74. The Morgan fingerprint density at radius 1 is 1.13 bits per heavy atom. The molecule has 3 atom stereocenters. The number of aromatic nitrogens is 1. The van der Waals surface area contributed by atoms with Gasteiger partial charge in [-0.05, 0) is 81.7 Å². The fraction of sp³-hybridized carbons (Fsp3) is 0.483. The molecular weight excluding hydrogens is 500 g/mol. The highest BCUT2D eigenvalue weighted by Crippen LogP contribution is 2.51. The largest absolute Gasteiger partial charge is 0.444 e. The number of thiazole rings is 1. The van der Waals surface area contributed by atoms with Crippen molar-refractivity contribution in [3.63, 3.8) is 0 Å². The molecule has 3 fully saturated rings. The summed E-state index contributed by atoms with van der Waals surface area (Å²) < 4.78 is 12.5. The number of hydrogen-bond donors (Lipinski definition) is 2. The number of nitrogens with zero attached hydrogens (tertiary/aromatic N) is 2. The highest BCUT2D eigenvalue weighted by molar-refractivity contribution is 7.20. The van der Waals surface area contributed by atoms with Crippen LogP contribution in [0.15, 0.2) is 48.5 Å². The Balaban J connectivity index is 1.02. The lowest BCUT2D eigenvalue weighted by atomic mass is 10.1. The lowest BCUT2D eigenvalue weighted by Gasteiger charge is -2.32. The van der Waals surface area contributed by atoms with Crippen molar-refractivity contribution in [1.82, 2.24) is 20.5 Å². The standard InChI is InChI=1S/C29H34N4O4S/c1-28(2,3)37-26(35)32-29(12-13-29)25(34)33-17-19-14-21(19)23(33)16-30-15-18-8-10-20(11-9-18)36-27-31-22-6-4-5-7-24(22)38-27/h4-11,19,21,23,30H,12-17H2,1-3H3,(H,32,35). The Morgan fingerprint density at radius 3 is 2.61 bits per heavy atom. The molecule has 2 heterocycles. The van der Waals surface area contributed by atoms with Crippen LogP contribution in [-0.2, 0) is 16.1 Å². The zero-order valence-electron chi connectivity index (χ0n) is 22.0. The molecule has 2 saturated carbocycles. The first-order valence-electron chi connectivity index (χ1n) is 13.3. The molecule has 2 amide bonds. The molecule has 8 nitrogen and oxygen atoms in total. The van der Waals surface area contributed by atoms with Crippen LogP contribution in [0.4, 0.5) is 4.79 Å². The molecule has 1 aliphatic heterocycles. The molecule has 2 aromatic carbocycles. The summed E-state index contributed by atoms with van der Waals surface area (Å²) in [4.78, 5) is 32.4. The minimum atomic E-state index is -0.795. The van der Waals surface area contributed by atoms with Gasteiger partial charge >= 0.3 is 6.09 Å². The number of fused-ring (bicyclic) bond motifs is 2. The number of carbonyl (C=O) groups is 2. The van der Waals surface area contributed by atoms with E-state index in [2.05, 4.69) is 27.8 Å². The normalized spacial score (nSPS) is 23.1. The second kappa shape index (κ2) is 9.54. The number of ether oxygens (including phenoxy) is 2. The number of para-hydroxylation sites is 1. The van der Waals surface area contributed by atoms with E-state index < -0.39 is 17.2 Å². The van der Waals surface area contributed by atoms with E-state index in [-0.39, 0.29) is 11.9 Å². The van der Waals surface area contributed by atoms with E-state index in [4.69, 9.17) is 9.47 Å². The van der Waals surface area contributed by atoms with Crippen LogP contribution in [0.2, 0.25) is 0 Å². The average molecular weight is 535 g/mol. The SMILES string of the molecule is CC(C)(C)OC(=O)NC1(C(=O)N2CC3CC3C2CNCc2ccc(Oc3nc4ccccc4s3)cc2)CC1. The van der Waals surface area contributed by atoms with Crippen LogP contribution in [0.5, 0.6) is 10.9 Å². The molecule has 3 aliphatic rings. The summed E-state index contributed by atoms with van der Waals surface area (Å²) in [6.07, 6.45) is 2.00. The van der Waals surface area contributed by atoms with Crippen molar-refractivity contribution in [1.29, 1.82) is 0 Å². The van der Waals surface area contributed by atoms with Crippen LogP contribution in [0.25, 0.3) is 10.2 Å². The number of nitrogens with one attached hydrogen (secondary N) is 2. The van der Waals surface area contributed by atoms with Gasteiger partial charge in [0.05, 0.1) is 10.2 Å². The van der Waals surface area contributed by atoms with Gasteiger partial charge in [0.15, 0.2) is 0 Å². The van der Waals surface area contributed by atoms with E-state index in [9.17, 15) is 9.59 Å². The Morgan fingerprint density at radius 2 is 1.89 bits per heavy atom. The maximum atomic E-state index is 13.5. The fourth-order valence-electron chi connectivity index (χ4n) is 5.39. The molecule has 9 heteroatoms. The van der Waals surface area contributed by atoms with Gasteiger partial charge in [0.2, 0.25) is 5.91 Å². The van der Waals surface area contributed by atoms with Crippen molar-refractivity contribution in [2.45, 2.75) is 63.8 Å². The van der Waals surface area contributed by atoms with Gasteiger partial charge in [-0.1, -0.05) is 35.6 Å². The van der Waals surface area contributed by atoms with Gasteiger partial charge in [-0.25, -0.2) is 9.78 Å². The van der Waals surface area contributed by atoms with E-state index in [1.807, 2.05) is 62.1 Å². The molecule has 200 valence electrons. The summed E-state index contributed by atoms with van der Waals surface area (Å²) in [7, 11) is 0. The van der Waals surface area contributed by atoms with Gasteiger partial charge in [-0.3, -0.25) is 4.79 Å². The van der Waals surface area contributed by atoms with Gasteiger partial charge in [0, 0.05) is 25.7 Å². The Labute approximate surface area is 226 Å². The molecule has 6 rings (SSSR count). The smallest absolute Gasteiger partial charge is 0.408 e. The van der Waals surface area contributed by atoms with Crippen LogP contribution in [0, 0.1) is 11.8 Å². The molecular formula is C29H34N4O4S. The minimum Gasteiger partial charge on any atom is -0.444 e. The Hall–Kier alpha value is -3.17. The Kier molecular flexibility index (Phi) is 6.31. The highest BCUT2D eigenvalue weighted by Gasteiger charge is 2.60. The predicted molar refractivity (Wildman–Crippen MR) is 146 cm³/mol. The molecule has 3 aromatic rings. The van der Waals surface area contributed by atoms with Gasteiger partial charge in [0.25, 0.3) is 5.19 Å². The van der Waals surface area contributed by atoms with Crippen LogP contribution in [0.3, 0.4) is 0 Å². The van der Waals surface area contributed by atoms with E-state index in [0.29, 0.717) is 36.4 Å². The molecule has 1 aromatic heterocycles. The van der Waals surface area contributed by atoms with Crippen molar-refractivity contribution in [2.75, 3.05) is 13.1 Å². The van der Waals surface area contributed by atoms with E-state index in [0.717, 1.165) is 34.6 Å². The molecule has 3 unspecified atom stereocenters. The molecule has 0 radical (unpaired) electrons. The predicted octanol–water partition coefficient (Wildman–Crippen LogP) is 5.08. The summed E-state index contributed by atoms with van der Waals surface area (Å²) in [5.74, 6) is 1.93. The monoisotopic (exact) mass is 534 g/mol. The number of carbonyl (C=O) groups excluding carboxylic acids is 2. The minimum absolute atomic E-state index is 0.0405. The molecule has 0 spiro atoms. The molecule has 2 N–H and O–H groups in total. The number of alkyl carbamates (subject to hydrolysis) is 1. The van der Waals surface area contributed by atoms with E-state index in [1.54, 1.807) is 0 Å². The zero-order valence-corrected chi connectivity index (χ0v) is 22.8. The summed E-state index contributed by atoms with van der Waals surface area (Å²) in [5.41, 5.74) is 0.704. The number of amides is 2. The second-order valence-corrected chi connectivity index (χ2v) is 12.7. The summed E-state index contributed by atoms with van der Waals surface area (Å²) in [5, 5.41) is 7.07. The van der Waals surface area contributed by atoms with Crippen molar-refractivity contribution in [2.24, 2.45) is 11.8 Å². The number of rotatable bonds is 8. The van der Waals surface area contributed by atoms with E-state index in [1.165, 1.54) is 17.8 Å². The first-order chi connectivity index (χ1) is 18.2. The quantitative estimate of drug-likeness (QED) is 0.419. The third kappa shape index (κ3) is 5.35. The maximum Gasteiger partial charge on any atom is 0.408 e. The summed E-state index contributed by atoms with van der Waals surface area (Å²) >= 11 is 1.53. The number of benzene rings is 2. The Bertz CT molecular complexity index is 1310. The van der Waals surface area contributed by atoms with Gasteiger partial charge in [-0.2, -0.15) is 0 Å². The zero-order chi connectivity index (χ0) is 26.5. The first-order valence-corrected chi connectivity index (χ1v) is 14.2. The third-order valence-corrected chi connectivity index (χ3v) is 8.46. The van der Waals surface area contributed by atoms with Crippen LogP contribution < -0.4 is 15.4 Å². The number of likely N-dealkylation sites (tertiary alicyclic amines) is 1. The van der Waals surface area contributed by atoms with Crippen LogP contribution in [0.1, 0.15) is 45.6 Å². The molecule has 38 heavy (non-hydrogen) atoms. The topological polar surface area (TPSA) is 92.8 Å². The molecule has 2 aliphatic carbocycles.